The van der Waals surface area contributed by atoms with Gasteiger partial charge in [-0.2, -0.15) is 0 Å². The van der Waals surface area contributed by atoms with Gasteiger partial charge in [-0.1, -0.05) is 51.4 Å². The molecule has 3 aromatic rings. The molecule has 0 spiro atoms. The van der Waals surface area contributed by atoms with Crippen molar-refractivity contribution in [3.8, 4) is 0 Å². The normalized spacial score (nSPS) is 25.5. The number of rotatable bonds is 34. The van der Waals surface area contributed by atoms with E-state index in [1.54, 1.807) is 0 Å². The Balaban J connectivity index is 0.880. The van der Waals surface area contributed by atoms with Crippen molar-refractivity contribution in [1.29, 1.82) is 0 Å². The van der Waals surface area contributed by atoms with Gasteiger partial charge >= 0.3 is 51.2 Å². The quantitative estimate of drug-likeness (QED) is 0.0470. The van der Waals surface area contributed by atoms with Crippen molar-refractivity contribution in [2.75, 3.05) is 39.6 Å². The summed E-state index contributed by atoms with van der Waals surface area (Å²) in [5, 5.41) is 0. The van der Waals surface area contributed by atoms with E-state index in [0.29, 0.717) is 64.3 Å². The highest BCUT2D eigenvalue weighted by Crippen LogP contribution is 2.35. The summed E-state index contributed by atoms with van der Waals surface area (Å²) < 4.78 is 47.3. The minimum atomic E-state index is -0.919. The zero-order valence-corrected chi connectivity index (χ0v) is 41.5. The highest BCUT2D eigenvalue weighted by atomic mass is 16.6. The average Bonchev–Trinajstić information content (AvgIpc) is 4.16. The number of epoxide rings is 7. The fourth-order valence-corrected chi connectivity index (χ4v) is 10.1. The molecule has 25 nitrogen and oxygen atoms in total. The van der Waals surface area contributed by atoms with Crippen LogP contribution in [0.2, 0.25) is 0 Å². The van der Waals surface area contributed by atoms with Crippen molar-refractivity contribution in [2.24, 2.45) is 5.92 Å². The standard InChI is InChI=1S/C48H69N9O16/c58-40-49(16-9-3-1-5-13-32-25-67-32)41(59)53(42(60)50(40)17-10-4-2-6-14-33-26-68-33)20-31(12-7-8-15-34-27-69-34)39-38(73-39)24-57-46(64)52(45(63)56(48(57)66)23-37-30-72-37)19-11-18-51-43(61)54(21-35-28-70-35)47(65)55(44(51)62)22-36-29-71-36/h31-39H,1-30H2. The average molecular weight is 1030 g/mol. The van der Waals surface area contributed by atoms with E-state index in [1.165, 1.54) is 9.13 Å². The van der Waals surface area contributed by atoms with E-state index in [0.717, 1.165) is 109 Å². The molecule has 0 bridgehead atoms. The highest BCUT2D eigenvalue weighted by molar-refractivity contribution is 4.95. The van der Waals surface area contributed by atoms with Crippen LogP contribution in [0.25, 0.3) is 0 Å². The van der Waals surface area contributed by atoms with Crippen LogP contribution in [0, 0.1) is 5.92 Å². The second kappa shape index (κ2) is 22.8. The van der Waals surface area contributed by atoms with Gasteiger partial charge in [0, 0.05) is 38.6 Å². The minimum absolute atomic E-state index is 0.0435. The van der Waals surface area contributed by atoms with Crippen LogP contribution in [0.15, 0.2) is 43.2 Å². The third-order valence-electron chi connectivity index (χ3n) is 15.0. The molecule has 0 aliphatic carbocycles. The maximum atomic E-state index is 14.3. The Kier molecular flexibility index (Phi) is 16.1. The SMILES string of the molecule is O=c1n(CCCCCCC2CO2)c(=O)n(CC(CCCCC2CO2)C2OC2Cn2c(=O)n(CCCn3c(=O)n(CC4CO4)c(=O)n(CC4CO4)c3=O)c(=O)n(CC3CO3)c2=O)c(=O)n1CCCCCCC1CO1. The summed E-state index contributed by atoms with van der Waals surface area (Å²) in [6.45, 7) is 2.62. The van der Waals surface area contributed by atoms with E-state index in [4.69, 9.17) is 33.2 Å². The third kappa shape index (κ3) is 13.3. The van der Waals surface area contributed by atoms with Crippen LogP contribution in [-0.4, -0.2) is 130 Å². The van der Waals surface area contributed by atoms with Gasteiger partial charge in [-0.25, -0.2) is 84.3 Å². The van der Waals surface area contributed by atoms with Gasteiger partial charge in [-0.3, -0.25) is 0 Å². The zero-order chi connectivity index (χ0) is 50.8. The van der Waals surface area contributed by atoms with Gasteiger partial charge in [0.25, 0.3) is 0 Å². The molecule has 7 aliphatic rings. The molecule has 0 saturated carbocycles. The Bertz CT molecular complexity index is 2890. The fourth-order valence-electron chi connectivity index (χ4n) is 10.1. The number of hydrogen-bond acceptors (Lipinski definition) is 16. The number of nitrogens with zero attached hydrogens (tertiary/aromatic N) is 9. The molecule has 0 radical (unpaired) electrons. The molecule has 7 saturated heterocycles. The van der Waals surface area contributed by atoms with Crippen molar-refractivity contribution in [1.82, 2.24) is 41.1 Å². The summed E-state index contributed by atoms with van der Waals surface area (Å²) in [5.41, 5.74) is -7.11. The van der Waals surface area contributed by atoms with Crippen LogP contribution in [0.5, 0.6) is 0 Å². The summed E-state index contributed by atoms with van der Waals surface area (Å²) in [7, 11) is 0. The van der Waals surface area contributed by atoms with Crippen molar-refractivity contribution in [3.63, 3.8) is 0 Å². The molecular weight excluding hydrogens is 959 g/mol. The van der Waals surface area contributed by atoms with Gasteiger partial charge in [0.15, 0.2) is 0 Å². The van der Waals surface area contributed by atoms with Crippen molar-refractivity contribution >= 4 is 0 Å². The highest BCUT2D eigenvalue weighted by Gasteiger charge is 2.46. The fraction of sp³-hybridized carbons (Fsp3) is 0.812. The predicted molar refractivity (Wildman–Crippen MR) is 258 cm³/mol. The molecule has 0 N–H and O–H groups in total. The van der Waals surface area contributed by atoms with E-state index >= 15 is 0 Å². The van der Waals surface area contributed by atoms with E-state index < -0.39 is 75.4 Å². The monoisotopic (exact) mass is 1030 g/mol. The maximum Gasteiger partial charge on any atom is 0.336 e. The molecule has 9 unspecified atom stereocenters. The molecule has 7 fully saturated rings. The lowest BCUT2D eigenvalue weighted by Gasteiger charge is -2.19. The first-order chi connectivity index (χ1) is 35.4. The van der Waals surface area contributed by atoms with Crippen molar-refractivity contribution in [2.45, 2.75) is 204 Å². The molecule has 10 rings (SSSR count). The first-order valence-electron chi connectivity index (χ1n) is 26.6. The Morgan fingerprint density at radius 3 is 1.01 bits per heavy atom. The van der Waals surface area contributed by atoms with Gasteiger partial charge in [0.2, 0.25) is 0 Å². The van der Waals surface area contributed by atoms with Crippen LogP contribution >= 0.6 is 0 Å². The van der Waals surface area contributed by atoms with E-state index in [9.17, 15) is 43.2 Å². The molecule has 9 atom stereocenters. The first-order valence-corrected chi connectivity index (χ1v) is 26.6. The number of unbranched alkanes of at least 4 members (excludes halogenated alkanes) is 7. The van der Waals surface area contributed by atoms with E-state index in [-0.39, 0.29) is 83.6 Å². The Morgan fingerprint density at radius 2 is 0.630 bits per heavy atom. The lowest BCUT2D eigenvalue weighted by atomic mass is 9.95. The smallest absolute Gasteiger partial charge is 0.336 e. The number of ether oxygens (including phenoxy) is 7. The zero-order valence-electron chi connectivity index (χ0n) is 41.5. The van der Waals surface area contributed by atoms with Crippen LogP contribution in [0.1, 0.15) is 96.3 Å². The number of hydrogen-bond donors (Lipinski definition) is 0. The molecular formula is C48H69N9O16. The topological polar surface area (TPSA) is 286 Å². The summed E-state index contributed by atoms with van der Waals surface area (Å²) in [6.07, 6.45) is 9.88. The third-order valence-corrected chi connectivity index (χ3v) is 15.0. The molecule has 10 heterocycles. The van der Waals surface area contributed by atoms with Crippen LogP contribution < -0.4 is 51.2 Å². The van der Waals surface area contributed by atoms with Crippen LogP contribution in [0.3, 0.4) is 0 Å². The molecule has 0 aromatic carbocycles. The molecule has 402 valence electrons. The van der Waals surface area contributed by atoms with Gasteiger partial charge in [-0.05, 0) is 44.9 Å². The minimum Gasteiger partial charge on any atom is -0.373 e. The predicted octanol–water partition coefficient (Wildman–Crippen LogP) is -1.83. The summed E-state index contributed by atoms with van der Waals surface area (Å²) >= 11 is 0. The van der Waals surface area contributed by atoms with Crippen LogP contribution in [0.4, 0.5) is 0 Å². The lowest BCUT2D eigenvalue weighted by molar-refractivity contribution is 0.261. The Morgan fingerprint density at radius 1 is 0.329 bits per heavy atom. The van der Waals surface area contributed by atoms with Crippen molar-refractivity contribution < 1.29 is 33.2 Å². The van der Waals surface area contributed by atoms with Crippen LogP contribution in [-0.2, 0) is 92.1 Å². The first kappa shape index (κ1) is 51.4. The number of aromatic nitrogens is 9. The maximum absolute atomic E-state index is 14.3. The molecule has 0 amide bonds. The lowest BCUT2D eigenvalue weighted by Crippen LogP contribution is -2.56. The Hall–Kier alpha value is -5.05. The Labute approximate surface area is 417 Å². The van der Waals surface area contributed by atoms with E-state index in [2.05, 4.69) is 0 Å². The van der Waals surface area contributed by atoms with Gasteiger partial charge < -0.3 is 33.2 Å². The molecule has 3 aromatic heterocycles. The van der Waals surface area contributed by atoms with Gasteiger partial charge in [0.1, 0.15) is 6.10 Å². The molecule has 25 heteroatoms. The summed E-state index contributed by atoms with van der Waals surface area (Å²) in [5.74, 6) is -0.434. The van der Waals surface area contributed by atoms with Gasteiger partial charge in [0.05, 0.1) is 109 Å². The van der Waals surface area contributed by atoms with Gasteiger partial charge in [-0.15, -0.1) is 0 Å². The second-order valence-electron chi connectivity index (χ2n) is 20.9. The van der Waals surface area contributed by atoms with Crippen molar-refractivity contribution in [3.05, 3.63) is 94.4 Å². The second-order valence-corrected chi connectivity index (χ2v) is 20.9. The largest absolute Gasteiger partial charge is 0.373 e. The summed E-state index contributed by atoms with van der Waals surface area (Å²) in [6, 6.07) is 0. The molecule has 73 heavy (non-hydrogen) atoms. The van der Waals surface area contributed by atoms with E-state index in [1.807, 2.05) is 0 Å². The summed E-state index contributed by atoms with van der Waals surface area (Å²) in [4.78, 5) is 125. The molecule has 7 aliphatic heterocycles.